The average molecular weight is 266 g/mol. The van der Waals surface area contributed by atoms with Gasteiger partial charge in [0.25, 0.3) is 0 Å². The largest absolute Gasteiger partial charge is 0.453 e. The van der Waals surface area contributed by atoms with Gasteiger partial charge in [-0.3, -0.25) is 9.69 Å². The van der Waals surface area contributed by atoms with E-state index in [0.29, 0.717) is 0 Å². The Morgan fingerprint density at radius 1 is 1.41 bits per heavy atom. The Balaban J connectivity index is 0.00000256. The van der Waals surface area contributed by atoms with Crippen LogP contribution in [0.1, 0.15) is 12.8 Å². The molecule has 6 nitrogen and oxygen atoms in total. The molecule has 1 rings (SSSR count). The highest BCUT2D eigenvalue weighted by atomic mass is 35.5. The van der Waals surface area contributed by atoms with Gasteiger partial charge in [0.2, 0.25) is 5.91 Å². The molecule has 1 aliphatic rings. The zero-order valence-corrected chi connectivity index (χ0v) is 11.0. The lowest BCUT2D eigenvalue weighted by atomic mass is 10.1. The fourth-order valence-electron chi connectivity index (χ4n) is 1.81. The van der Waals surface area contributed by atoms with Crippen molar-refractivity contribution in [1.82, 2.24) is 15.5 Å². The molecule has 1 aliphatic heterocycles. The van der Waals surface area contributed by atoms with Gasteiger partial charge in [-0.1, -0.05) is 0 Å². The Hall–Kier alpha value is -1.01. The molecule has 0 aromatic rings. The van der Waals surface area contributed by atoms with E-state index in [1.165, 1.54) is 12.0 Å². The molecular formula is C10H20ClN3O3. The summed E-state index contributed by atoms with van der Waals surface area (Å²) in [6.45, 7) is 1.80. The molecule has 1 saturated heterocycles. The summed E-state index contributed by atoms with van der Waals surface area (Å²) in [6.07, 6.45) is 1.27. The number of rotatable bonds is 3. The number of ether oxygens (including phenoxy) is 1. The third kappa shape index (κ3) is 4.79. The van der Waals surface area contributed by atoms with Gasteiger partial charge in [-0.2, -0.15) is 0 Å². The molecule has 17 heavy (non-hydrogen) atoms. The number of halogens is 1. The van der Waals surface area contributed by atoms with Gasteiger partial charge in [0.05, 0.1) is 7.11 Å². The molecule has 1 fully saturated rings. The van der Waals surface area contributed by atoms with Gasteiger partial charge in [0.15, 0.2) is 0 Å². The zero-order chi connectivity index (χ0) is 12.0. The first-order valence-electron chi connectivity index (χ1n) is 5.45. The molecule has 0 aromatic carbocycles. The molecular weight excluding hydrogens is 246 g/mol. The van der Waals surface area contributed by atoms with E-state index in [1.807, 2.05) is 0 Å². The van der Waals surface area contributed by atoms with E-state index in [1.54, 1.807) is 7.05 Å². The minimum absolute atomic E-state index is 0. The maximum absolute atomic E-state index is 11.6. The van der Waals surface area contributed by atoms with Crippen molar-refractivity contribution in [3.8, 4) is 0 Å². The van der Waals surface area contributed by atoms with Crippen molar-refractivity contribution in [2.24, 2.45) is 0 Å². The predicted molar refractivity (Wildman–Crippen MR) is 66.3 cm³/mol. The van der Waals surface area contributed by atoms with E-state index >= 15 is 0 Å². The molecule has 0 spiro atoms. The van der Waals surface area contributed by atoms with Crippen LogP contribution in [0.15, 0.2) is 0 Å². The number of carbonyl (C=O) groups is 2. The van der Waals surface area contributed by atoms with E-state index in [-0.39, 0.29) is 30.9 Å². The highest BCUT2D eigenvalue weighted by molar-refractivity contribution is 5.85. The molecule has 2 N–H and O–H groups in total. The van der Waals surface area contributed by atoms with Crippen LogP contribution in [-0.2, 0) is 9.53 Å². The van der Waals surface area contributed by atoms with Crippen LogP contribution < -0.4 is 10.6 Å². The third-order valence-corrected chi connectivity index (χ3v) is 2.75. The summed E-state index contributed by atoms with van der Waals surface area (Å²) in [7, 11) is 2.89. The monoisotopic (exact) mass is 265 g/mol. The van der Waals surface area contributed by atoms with Crippen LogP contribution in [0.5, 0.6) is 0 Å². The number of methoxy groups -OCH3 is 1. The van der Waals surface area contributed by atoms with Gasteiger partial charge in [-0.25, -0.2) is 4.79 Å². The zero-order valence-electron chi connectivity index (χ0n) is 10.2. The van der Waals surface area contributed by atoms with Crippen molar-refractivity contribution >= 4 is 24.4 Å². The number of nitrogens with one attached hydrogen (secondary N) is 2. The van der Waals surface area contributed by atoms with Gasteiger partial charge in [-0.05, 0) is 25.9 Å². The first kappa shape index (κ1) is 16.0. The summed E-state index contributed by atoms with van der Waals surface area (Å²) in [4.78, 5) is 24.4. The van der Waals surface area contributed by atoms with E-state index in [0.717, 1.165) is 25.9 Å². The first-order valence-corrected chi connectivity index (χ1v) is 5.45. The Kier molecular flexibility index (Phi) is 7.65. The second-order valence-corrected chi connectivity index (χ2v) is 3.75. The van der Waals surface area contributed by atoms with Crippen LogP contribution >= 0.6 is 12.4 Å². The molecule has 0 unspecified atom stereocenters. The van der Waals surface area contributed by atoms with Crippen LogP contribution in [0.25, 0.3) is 0 Å². The molecule has 0 atom stereocenters. The number of carbonyl (C=O) groups excluding carboxylic acids is 2. The standard InChI is InChI=1S/C10H19N3O3.ClH/c1-11-9(14)7-13(10(15)16-2)8-3-5-12-6-4-8;/h8,12H,3-7H2,1-2H3,(H,11,14);1H. The lowest BCUT2D eigenvalue weighted by Gasteiger charge is -2.32. The van der Waals surface area contributed by atoms with Gasteiger partial charge in [-0.15, -0.1) is 12.4 Å². The highest BCUT2D eigenvalue weighted by Crippen LogP contribution is 2.12. The van der Waals surface area contributed by atoms with Crippen LogP contribution in [0.2, 0.25) is 0 Å². The molecule has 0 bridgehead atoms. The lowest BCUT2D eigenvalue weighted by Crippen LogP contribution is -2.49. The summed E-state index contributed by atoms with van der Waals surface area (Å²) in [5.41, 5.74) is 0. The van der Waals surface area contributed by atoms with Crippen LogP contribution in [0.3, 0.4) is 0 Å². The number of hydrogen-bond donors (Lipinski definition) is 2. The van der Waals surface area contributed by atoms with Crippen molar-refractivity contribution in [2.75, 3.05) is 33.8 Å². The molecule has 0 aromatic heterocycles. The topological polar surface area (TPSA) is 70.7 Å². The minimum Gasteiger partial charge on any atom is -0.453 e. The predicted octanol–water partition coefficient (Wildman–Crippen LogP) is -0.0254. The number of nitrogens with zero attached hydrogens (tertiary/aromatic N) is 1. The number of piperidine rings is 1. The van der Waals surface area contributed by atoms with Crippen LogP contribution in [0, 0.1) is 0 Å². The summed E-state index contributed by atoms with van der Waals surface area (Å²) in [6, 6.07) is 0.0889. The van der Waals surface area contributed by atoms with Crippen molar-refractivity contribution in [1.29, 1.82) is 0 Å². The molecule has 0 radical (unpaired) electrons. The Morgan fingerprint density at radius 3 is 2.47 bits per heavy atom. The van der Waals surface area contributed by atoms with Crippen molar-refractivity contribution in [2.45, 2.75) is 18.9 Å². The van der Waals surface area contributed by atoms with Crippen LogP contribution in [0.4, 0.5) is 4.79 Å². The molecule has 100 valence electrons. The second-order valence-electron chi connectivity index (χ2n) is 3.75. The molecule has 1 heterocycles. The lowest BCUT2D eigenvalue weighted by molar-refractivity contribution is -0.122. The molecule has 2 amide bonds. The van der Waals surface area contributed by atoms with Gasteiger partial charge in [0, 0.05) is 13.1 Å². The Bertz CT molecular complexity index is 257. The SMILES string of the molecule is CNC(=O)CN(C(=O)OC)C1CCNCC1.Cl. The van der Waals surface area contributed by atoms with Crippen LogP contribution in [-0.4, -0.2) is 56.7 Å². The fourth-order valence-corrected chi connectivity index (χ4v) is 1.81. The molecule has 0 aliphatic carbocycles. The summed E-state index contributed by atoms with van der Waals surface area (Å²) < 4.78 is 4.70. The first-order chi connectivity index (χ1) is 7.69. The third-order valence-electron chi connectivity index (χ3n) is 2.75. The number of amides is 2. The normalized spacial score (nSPS) is 15.6. The quantitative estimate of drug-likeness (QED) is 0.752. The Morgan fingerprint density at radius 2 is 2.00 bits per heavy atom. The van der Waals surface area contributed by atoms with Gasteiger partial charge >= 0.3 is 6.09 Å². The summed E-state index contributed by atoms with van der Waals surface area (Å²) in [5, 5.41) is 5.72. The maximum Gasteiger partial charge on any atom is 0.410 e. The number of hydrogen-bond acceptors (Lipinski definition) is 4. The smallest absolute Gasteiger partial charge is 0.410 e. The molecule has 7 heteroatoms. The molecule has 0 saturated carbocycles. The van der Waals surface area contributed by atoms with Crippen molar-refractivity contribution < 1.29 is 14.3 Å². The van der Waals surface area contributed by atoms with Crippen molar-refractivity contribution in [3.05, 3.63) is 0 Å². The highest BCUT2D eigenvalue weighted by Gasteiger charge is 2.27. The van der Waals surface area contributed by atoms with Gasteiger partial charge in [0.1, 0.15) is 6.54 Å². The van der Waals surface area contributed by atoms with Crippen molar-refractivity contribution in [3.63, 3.8) is 0 Å². The van der Waals surface area contributed by atoms with E-state index in [4.69, 9.17) is 4.74 Å². The maximum atomic E-state index is 11.6. The second kappa shape index (κ2) is 8.14. The minimum atomic E-state index is -0.435. The fraction of sp³-hybridized carbons (Fsp3) is 0.800. The van der Waals surface area contributed by atoms with E-state index in [2.05, 4.69) is 10.6 Å². The summed E-state index contributed by atoms with van der Waals surface area (Å²) >= 11 is 0. The van der Waals surface area contributed by atoms with Gasteiger partial charge < -0.3 is 15.4 Å². The van der Waals surface area contributed by atoms with E-state index in [9.17, 15) is 9.59 Å². The van der Waals surface area contributed by atoms with E-state index < -0.39 is 6.09 Å². The average Bonchev–Trinajstić information content (AvgIpc) is 2.35. The Labute approximate surface area is 107 Å². The summed E-state index contributed by atoms with van der Waals surface area (Å²) in [5.74, 6) is -0.177. The number of likely N-dealkylation sites (N-methyl/N-ethyl adjacent to an activating group) is 1.